The molecule has 8 heteroatoms. The maximum absolute atomic E-state index is 11.9. The number of nitrogens with zero attached hydrogens (tertiary/aromatic N) is 1. The Balaban J connectivity index is 2.71. The van der Waals surface area contributed by atoms with E-state index in [0.717, 1.165) is 0 Å². The van der Waals surface area contributed by atoms with Crippen molar-refractivity contribution in [1.29, 1.82) is 0 Å². The Hall–Kier alpha value is -1.15. The van der Waals surface area contributed by atoms with E-state index in [9.17, 15) is 13.2 Å². The number of hydrogen-bond donors (Lipinski definition) is 2. The number of aromatic nitrogens is 1. The van der Waals surface area contributed by atoms with Crippen molar-refractivity contribution < 1.29 is 13.2 Å². The van der Waals surface area contributed by atoms with Crippen molar-refractivity contribution in [3.05, 3.63) is 22.3 Å². The molecule has 0 spiro atoms. The van der Waals surface area contributed by atoms with Gasteiger partial charge in [0.2, 0.25) is 0 Å². The Labute approximate surface area is 121 Å². The lowest BCUT2D eigenvalue weighted by Gasteiger charge is -2.09. The fourth-order valence-corrected chi connectivity index (χ4v) is 2.40. The van der Waals surface area contributed by atoms with Gasteiger partial charge in [0.1, 0.15) is 5.82 Å². The Kier molecular flexibility index (Phi) is 5.74. The Morgan fingerprint density at radius 1 is 1.47 bits per heavy atom. The number of hydrogen-bond acceptors (Lipinski definition) is 5. The summed E-state index contributed by atoms with van der Waals surface area (Å²) in [6.45, 7) is 1.67. The summed E-state index contributed by atoms with van der Waals surface area (Å²) in [6.07, 6.45) is 1.57. The summed E-state index contributed by atoms with van der Waals surface area (Å²) in [5, 5.41) is 5.38. The average Bonchev–Trinajstić information content (AvgIpc) is 2.38. The van der Waals surface area contributed by atoms with Gasteiger partial charge in [0.25, 0.3) is 5.91 Å². The highest BCUT2D eigenvalue weighted by atomic mass is 79.9. The molecule has 0 aliphatic carbocycles. The van der Waals surface area contributed by atoms with Crippen molar-refractivity contribution >= 4 is 37.5 Å². The van der Waals surface area contributed by atoms with E-state index in [1.54, 1.807) is 26.2 Å². The van der Waals surface area contributed by atoms with Crippen molar-refractivity contribution in [1.82, 2.24) is 10.3 Å². The van der Waals surface area contributed by atoms with Crippen LogP contribution in [0.3, 0.4) is 0 Å². The van der Waals surface area contributed by atoms with Gasteiger partial charge in [-0.3, -0.25) is 4.79 Å². The third kappa shape index (κ3) is 4.79. The SMILES string of the molecule is CCS(=O)(=O)CCNC(=O)c1cc(Br)cnc1NC. The quantitative estimate of drug-likeness (QED) is 0.801. The Morgan fingerprint density at radius 2 is 2.16 bits per heavy atom. The fraction of sp³-hybridized carbons (Fsp3) is 0.455. The molecule has 0 aromatic carbocycles. The average molecular weight is 350 g/mol. The number of sulfone groups is 1. The molecule has 0 aliphatic rings. The zero-order valence-corrected chi connectivity index (χ0v) is 13.1. The number of carbonyl (C=O) groups is 1. The third-order valence-corrected chi connectivity index (χ3v) is 4.61. The largest absolute Gasteiger partial charge is 0.372 e. The minimum Gasteiger partial charge on any atom is -0.372 e. The summed E-state index contributed by atoms with van der Waals surface area (Å²) in [5.74, 6) is 0.0951. The first kappa shape index (κ1) is 15.9. The second-order valence-electron chi connectivity index (χ2n) is 3.79. The summed E-state index contributed by atoms with van der Waals surface area (Å²) in [6, 6.07) is 1.63. The van der Waals surface area contributed by atoms with Gasteiger partial charge < -0.3 is 10.6 Å². The second kappa shape index (κ2) is 6.85. The minimum absolute atomic E-state index is 0.0639. The van der Waals surface area contributed by atoms with Crippen LogP contribution in [0.25, 0.3) is 0 Å². The van der Waals surface area contributed by atoms with Crippen LogP contribution in [-0.4, -0.2) is 44.4 Å². The number of rotatable bonds is 6. The summed E-state index contributed by atoms with van der Waals surface area (Å²) in [7, 11) is -1.42. The molecule has 1 rings (SSSR count). The van der Waals surface area contributed by atoms with Crippen LogP contribution >= 0.6 is 15.9 Å². The van der Waals surface area contributed by atoms with Crippen molar-refractivity contribution in [2.45, 2.75) is 6.92 Å². The molecule has 0 radical (unpaired) electrons. The number of halogens is 1. The lowest BCUT2D eigenvalue weighted by Crippen LogP contribution is -2.30. The number of pyridine rings is 1. The van der Waals surface area contributed by atoms with E-state index in [-0.39, 0.29) is 24.0 Å². The number of amides is 1. The zero-order chi connectivity index (χ0) is 14.5. The monoisotopic (exact) mass is 349 g/mol. The topological polar surface area (TPSA) is 88.2 Å². The van der Waals surface area contributed by atoms with Crippen molar-refractivity contribution in [2.75, 3.05) is 30.4 Å². The van der Waals surface area contributed by atoms with Gasteiger partial charge in [0.05, 0.1) is 11.3 Å². The number of anilines is 1. The van der Waals surface area contributed by atoms with E-state index in [0.29, 0.717) is 15.9 Å². The molecule has 106 valence electrons. The van der Waals surface area contributed by atoms with Crippen LogP contribution < -0.4 is 10.6 Å². The van der Waals surface area contributed by atoms with Gasteiger partial charge in [-0.25, -0.2) is 13.4 Å². The lowest BCUT2D eigenvalue weighted by atomic mass is 10.2. The Morgan fingerprint density at radius 3 is 2.74 bits per heavy atom. The van der Waals surface area contributed by atoms with Crippen molar-refractivity contribution in [3.63, 3.8) is 0 Å². The van der Waals surface area contributed by atoms with Crippen LogP contribution in [0.1, 0.15) is 17.3 Å². The van der Waals surface area contributed by atoms with Crippen LogP contribution in [0.2, 0.25) is 0 Å². The molecule has 0 unspecified atom stereocenters. The standard InChI is InChI=1S/C11H16BrN3O3S/c1-3-19(17,18)5-4-14-11(16)9-6-8(12)7-15-10(9)13-2/h6-7H,3-5H2,1-2H3,(H,13,15)(H,14,16). The van der Waals surface area contributed by atoms with Gasteiger partial charge in [0.15, 0.2) is 9.84 Å². The van der Waals surface area contributed by atoms with E-state index >= 15 is 0 Å². The summed E-state index contributed by atoms with van der Waals surface area (Å²) < 4.78 is 23.3. The normalized spacial score (nSPS) is 11.1. The van der Waals surface area contributed by atoms with Gasteiger partial charge in [-0.1, -0.05) is 6.92 Å². The molecule has 1 amide bonds. The molecule has 1 aromatic rings. The smallest absolute Gasteiger partial charge is 0.255 e. The summed E-state index contributed by atoms with van der Waals surface area (Å²) in [4.78, 5) is 16.0. The Bertz CT molecular complexity index is 560. The first-order valence-corrected chi connectivity index (χ1v) is 8.33. The molecule has 0 atom stereocenters. The van der Waals surface area contributed by atoms with Crippen molar-refractivity contribution in [3.8, 4) is 0 Å². The molecule has 19 heavy (non-hydrogen) atoms. The van der Waals surface area contributed by atoms with Crippen LogP contribution in [0, 0.1) is 0 Å². The van der Waals surface area contributed by atoms with Gasteiger partial charge >= 0.3 is 0 Å². The lowest BCUT2D eigenvalue weighted by molar-refractivity contribution is 0.0956. The second-order valence-corrected chi connectivity index (χ2v) is 7.18. The fourth-order valence-electron chi connectivity index (χ4n) is 1.37. The van der Waals surface area contributed by atoms with E-state index in [4.69, 9.17) is 0 Å². The highest BCUT2D eigenvalue weighted by Crippen LogP contribution is 2.17. The maximum Gasteiger partial charge on any atom is 0.255 e. The number of nitrogens with one attached hydrogen (secondary N) is 2. The van der Waals surface area contributed by atoms with Gasteiger partial charge in [-0.2, -0.15) is 0 Å². The maximum atomic E-state index is 11.9. The molecule has 1 heterocycles. The molecule has 0 fully saturated rings. The van der Waals surface area contributed by atoms with Crippen LogP contribution in [0.5, 0.6) is 0 Å². The molecule has 0 saturated heterocycles. The molecular formula is C11H16BrN3O3S. The molecule has 0 saturated carbocycles. The first-order chi connectivity index (χ1) is 8.89. The minimum atomic E-state index is -3.08. The van der Waals surface area contributed by atoms with Gasteiger partial charge in [-0.05, 0) is 22.0 Å². The predicted molar refractivity (Wildman–Crippen MR) is 78.1 cm³/mol. The van der Waals surface area contributed by atoms with Gasteiger partial charge in [0, 0.05) is 30.0 Å². The first-order valence-electron chi connectivity index (χ1n) is 5.71. The highest BCUT2D eigenvalue weighted by molar-refractivity contribution is 9.10. The van der Waals surface area contributed by atoms with Crippen LogP contribution in [0.4, 0.5) is 5.82 Å². The summed E-state index contributed by atoms with van der Waals surface area (Å²) in [5.41, 5.74) is 0.366. The van der Waals surface area contributed by atoms with Crippen LogP contribution in [-0.2, 0) is 9.84 Å². The molecule has 1 aromatic heterocycles. The zero-order valence-electron chi connectivity index (χ0n) is 10.7. The van der Waals surface area contributed by atoms with Crippen LogP contribution in [0.15, 0.2) is 16.7 Å². The predicted octanol–water partition coefficient (Wildman–Crippen LogP) is 1.05. The third-order valence-electron chi connectivity index (χ3n) is 2.47. The molecule has 0 aliphatic heterocycles. The van der Waals surface area contributed by atoms with E-state index < -0.39 is 9.84 Å². The number of carbonyl (C=O) groups excluding carboxylic acids is 1. The van der Waals surface area contributed by atoms with E-state index in [1.807, 2.05) is 0 Å². The molecule has 6 nitrogen and oxygen atoms in total. The highest BCUT2D eigenvalue weighted by Gasteiger charge is 2.14. The van der Waals surface area contributed by atoms with E-state index in [2.05, 4.69) is 31.5 Å². The molecular weight excluding hydrogens is 334 g/mol. The van der Waals surface area contributed by atoms with Gasteiger partial charge in [-0.15, -0.1) is 0 Å². The molecule has 0 bridgehead atoms. The summed E-state index contributed by atoms with van der Waals surface area (Å²) >= 11 is 3.24. The van der Waals surface area contributed by atoms with E-state index in [1.165, 1.54) is 0 Å². The molecule has 2 N–H and O–H groups in total. The van der Waals surface area contributed by atoms with Crippen molar-refractivity contribution in [2.24, 2.45) is 0 Å².